The molecule has 1 aromatic rings. The molecule has 1 fully saturated rings. The van der Waals surface area contributed by atoms with Crippen LogP contribution < -0.4 is 15.6 Å². The molecule has 1 aliphatic rings. The summed E-state index contributed by atoms with van der Waals surface area (Å²) in [6.07, 6.45) is 0.907. The zero-order chi connectivity index (χ0) is 14.0. The van der Waals surface area contributed by atoms with Gasteiger partial charge in [-0.15, -0.1) is 0 Å². The fraction of sp³-hybridized carbons (Fsp3) is 0.500. The molecule has 0 spiro atoms. The van der Waals surface area contributed by atoms with Crippen molar-refractivity contribution >= 4 is 5.97 Å². The Morgan fingerprint density at radius 2 is 2.16 bits per heavy atom. The summed E-state index contributed by atoms with van der Waals surface area (Å²) >= 11 is 0. The van der Waals surface area contributed by atoms with Crippen LogP contribution in [0.5, 0.6) is 5.75 Å². The Morgan fingerprint density at radius 1 is 1.42 bits per heavy atom. The predicted molar refractivity (Wildman–Crippen MR) is 72.0 cm³/mol. The molecule has 0 aromatic heterocycles. The molecule has 0 amide bonds. The van der Waals surface area contributed by atoms with E-state index in [0.29, 0.717) is 0 Å². The highest BCUT2D eigenvalue weighted by atomic mass is 16.5. The van der Waals surface area contributed by atoms with E-state index in [2.05, 4.69) is 17.8 Å². The Morgan fingerprint density at radius 3 is 2.74 bits per heavy atom. The van der Waals surface area contributed by atoms with Crippen LogP contribution in [0, 0.1) is 5.92 Å². The summed E-state index contributed by atoms with van der Waals surface area (Å²) in [6.45, 7) is 3.94. The molecular formula is C14H20N2O3. The van der Waals surface area contributed by atoms with Crippen LogP contribution in [0.2, 0.25) is 0 Å². The lowest BCUT2D eigenvalue weighted by molar-refractivity contribution is -0.142. The number of hydrogen-bond acceptors (Lipinski definition) is 4. The van der Waals surface area contributed by atoms with E-state index >= 15 is 0 Å². The Balaban J connectivity index is 2.42. The summed E-state index contributed by atoms with van der Waals surface area (Å²) in [5.74, 6) is -0.600. The molecule has 2 rings (SSSR count). The minimum atomic E-state index is -0.807. The number of rotatable bonds is 4. The SMILES string of the molecule is CCc1ccc(OC)c(C2NNC(C)C2C(=O)O)c1. The molecule has 1 saturated heterocycles. The first-order valence-electron chi connectivity index (χ1n) is 6.49. The maximum absolute atomic E-state index is 11.4. The van der Waals surface area contributed by atoms with Crippen molar-refractivity contribution in [2.45, 2.75) is 32.4 Å². The highest BCUT2D eigenvalue weighted by molar-refractivity contribution is 5.73. The van der Waals surface area contributed by atoms with Gasteiger partial charge in [0.2, 0.25) is 0 Å². The fourth-order valence-corrected chi connectivity index (χ4v) is 2.56. The van der Waals surface area contributed by atoms with Crippen molar-refractivity contribution in [2.75, 3.05) is 7.11 Å². The average Bonchev–Trinajstić information content (AvgIpc) is 2.79. The number of aliphatic carboxylic acids is 1. The van der Waals surface area contributed by atoms with Gasteiger partial charge in [-0.2, -0.15) is 0 Å². The summed E-state index contributed by atoms with van der Waals surface area (Å²) < 4.78 is 5.36. The summed E-state index contributed by atoms with van der Waals surface area (Å²) in [4.78, 5) is 11.4. The van der Waals surface area contributed by atoms with Gasteiger partial charge in [-0.1, -0.05) is 19.1 Å². The molecule has 0 radical (unpaired) electrons. The van der Waals surface area contributed by atoms with Crippen molar-refractivity contribution in [3.8, 4) is 5.75 Å². The van der Waals surface area contributed by atoms with Crippen LogP contribution in [0.1, 0.15) is 31.0 Å². The van der Waals surface area contributed by atoms with Crippen LogP contribution >= 0.6 is 0 Å². The second-order valence-corrected chi connectivity index (χ2v) is 4.85. The average molecular weight is 264 g/mol. The highest BCUT2D eigenvalue weighted by Crippen LogP contribution is 2.35. The second-order valence-electron chi connectivity index (χ2n) is 4.85. The van der Waals surface area contributed by atoms with Gasteiger partial charge in [-0.05, 0) is 25.0 Å². The lowest BCUT2D eigenvalue weighted by atomic mass is 9.89. The quantitative estimate of drug-likeness (QED) is 0.768. The van der Waals surface area contributed by atoms with E-state index in [9.17, 15) is 9.90 Å². The smallest absolute Gasteiger partial charge is 0.310 e. The Hall–Kier alpha value is -1.59. The number of benzene rings is 1. The van der Waals surface area contributed by atoms with Gasteiger partial charge >= 0.3 is 5.97 Å². The molecule has 104 valence electrons. The van der Waals surface area contributed by atoms with Gasteiger partial charge in [0.25, 0.3) is 0 Å². The van der Waals surface area contributed by atoms with Crippen LogP contribution in [0.4, 0.5) is 0 Å². The van der Waals surface area contributed by atoms with Gasteiger partial charge in [0.1, 0.15) is 5.75 Å². The third-order valence-electron chi connectivity index (χ3n) is 3.69. The molecule has 3 atom stereocenters. The van der Waals surface area contributed by atoms with E-state index in [0.717, 1.165) is 17.7 Å². The van der Waals surface area contributed by atoms with Crippen LogP contribution in [-0.2, 0) is 11.2 Å². The molecule has 19 heavy (non-hydrogen) atoms. The van der Waals surface area contributed by atoms with E-state index in [-0.39, 0.29) is 12.1 Å². The molecule has 1 aliphatic heterocycles. The van der Waals surface area contributed by atoms with Crippen molar-refractivity contribution in [1.29, 1.82) is 0 Å². The first-order valence-corrected chi connectivity index (χ1v) is 6.49. The van der Waals surface area contributed by atoms with Gasteiger partial charge in [0.15, 0.2) is 0 Å². The normalized spacial score (nSPS) is 26.4. The lowest BCUT2D eigenvalue weighted by Gasteiger charge is -2.20. The van der Waals surface area contributed by atoms with E-state index in [1.54, 1.807) is 7.11 Å². The van der Waals surface area contributed by atoms with Crippen molar-refractivity contribution in [3.05, 3.63) is 29.3 Å². The van der Waals surface area contributed by atoms with E-state index in [4.69, 9.17) is 4.74 Å². The van der Waals surface area contributed by atoms with E-state index < -0.39 is 11.9 Å². The maximum atomic E-state index is 11.4. The lowest BCUT2D eigenvalue weighted by Crippen LogP contribution is -2.30. The summed E-state index contributed by atoms with van der Waals surface area (Å²) in [5.41, 5.74) is 8.13. The third-order valence-corrected chi connectivity index (χ3v) is 3.69. The third kappa shape index (κ3) is 2.57. The minimum absolute atomic E-state index is 0.127. The molecular weight excluding hydrogens is 244 g/mol. The van der Waals surface area contributed by atoms with Crippen molar-refractivity contribution in [3.63, 3.8) is 0 Å². The molecule has 5 nitrogen and oxygen atoms in total. The fourth-order valence-electron chi connectivity index (χ4n) is 2.56. The second kappa shape index (κ2) is 5.59. The first-order chi connectivity index (χ1) is 9.08. The summed E-state index contributed by atoms with van der Waals surface area (Å²) in [7, 11) is 1.60. The Labute approximate surface area is 112 Å². The molecule has 0 aliphatic carbocycles. The highest BCUT2D eigenvalue weighted by Gasteiger charge is 2.40. The Kier molecular flexibility index (Phi) is 4.07. The number of methoxy groups -OCH3 is 1. The van der Waals surface area contributed by atoms with Gasteiger partial charge in [-0.3, -0.25) is 10.2 Å². The van der Waals surface area contributed by atoms with Gasteiger partial charge in [0.05, 0.1) is 19.1 Å². The number of hydrogen-bond donors (Lipinski definition) is 3. The first kappa shape index (κ1) is 13.8. The standard InChI is InChI=1S/C14H20N2O3/c1-4-9-5-6-11(19-3)10(7-9)13-12(14(17)18)8(2)15-16-13/h5-8,12-13,15-16H,4H2,1-3H3,(H,17,18). The number of aryl methyl sites for hydroxylation is 1. The van der Waals surface area contributed by atoms with Crippen molar-refractivity contribution in [1.82, 2.24) is 10.9 Å². The molecule has 0 saturated carbocycles. The van der Waals surface area contributed by atoms with Crippen LogP contribution in [0.15, 0.2) is 18.2 Å². The molecule has 1 aromatic carbocycles. The number of hydrazine groups is 1. The summed E-state index contributed by atoms with van der Waals surface area (Å²) in [5, 5.41) is 9.38. The van der Waals surface area contributed by atoms with Crippen molar-refractivity contribution in [2.24, 2.45) is 5.92 Å². The van der Waals surface area contributed by atoms with Crippen LogP contribution in [0.3, 0.4) is 0 Å². The molecule has 5 heteroatoms. The minimum Gasteiger partial charge on any atom is -0.496 e. The number of nitrogens with one attached hydrogen (secondary N) is 2. The topological polar surface area (TPSA) is 70.6 Å². The number of carboxylic acids is 1. The zero-order valence-corrected chi connectivity index (χ0v) is 11.4. The maximum Gasteiger partial charge on any atom is 0.310 e. The zero-order valence-electron chi connectivity index (χ0n) is 11.4. The van der Waals surface area contributed by atoms with Crippen LogP contribution in [-0.4, -0.2) is 24.2 Å². The van der Waals surface area contributed by atoms with E-state index in [1.165, 1.54) is 5.56 Å². The van der Waals surface area contributed by atoms with Gasteiger partial charge < -0.3 is 9.84 Å². The predicted octanol–water partition coefficient (Wildman–Crippen LogP) is 1.50. The monoisotopic (exact) mass is 264 g/mol. The Bertz CT molecular complexity index is 476. The molecule has 3 unspecified atom stereocenters. The van der Waals surface area contributed by atoms with Gasteiger partial charge in [-0.25, -0.2) is 5.43 Å². The number of carbonyl (C=O) groups is 1. The number of ether oxygens (including phenoxy) is 1. The summed E-state index contributed by atoms with van der Waals surface area (Å²) in [6, 6.07) is 5.51. The molecule has 1 heterocycles. The van der Waals surface area contributed by atoms with Crippen LogP contribution in [0.25, 0.3) is 0 Å². The molecule has 0 bridgehead atoms. The number of carboxylic acid groups (broad SMARTS) is 1. The van der Waals surface area contributed by atoms with E-state index in [1.807, 2.05) is 25.1 Å². The molecule has 3 N–H and O–H groups in total. The largest absolute Gasteiger partial charge is 0.496 e. The van der Waals surface area contributed by atoms with Gasteiger partial charge in [0, 0.05) is 11.6 Å². The van der Waals surface area contributed by atoms with Crippen molar-refractivity contribution < 1.29 is 14.6 Å².